The maximum atomic E-state index is 12.7. The van der Waals surface area contributed by atoms with E-state index in [0.717, 1.165) is 19.3 Å². The van der Waals surface area contributed by atoms with E-state index in [-0.39, 0.29) is 18.4 Å². The van der Waals surface area contributed by atoms with Gasteiger partial charge in [0, 0.05) is 19.0 Å². The van der Waals surface area contributed by atoms with Gasteiger partial charge in [-0.1, -0.05) is 12.1 Å². The number of methoxy groups -OCH3 is 1. The summed E-state index contributed by atoms with van der Waals surface area (Å²) in [4.78, 5) is 25.3. The van der Waals surface area contributed by atoms with Gasteiger partial charge in [-0.3, -0.25) is 9.59 Å². The lowest BCUT2D eigenvalue weighted by atomic mass is 9.96. The van der Waals surface area contributed by atoms with Crippen molar-refractivity contribution in [2.24, 2.45) is 0 Å². The molecule has 0 aliphatic carbocycles. The van der Waals surface area contributed by atoms with E-state index < -0.39 is 5.97 Å². The molecule has 1 aromatic rings. The second-order valence-corrected chi connectivity index (χ2v) is 5.28. The van der Waals surface area contributed by atoms with Gasteiger partial charge in [0.2, 0.25) is 0 Å². The average Bonchev–Trinajstić information content (AvgIpc) is 2.52. The van der Waals surface area contributed by atoms with Crippen molar-refractivity contribution in [3.63, 3.8) is 0 Å². The molecule has 1 aliphatic heterocycles. The Morgan fingerprint density at radius 2 is 2.10 bits per heavy atom. The Balaban J connectivity index is 2.16. The zero-order chi connectivity index (χ0) is 15.2. The van der Waals surface area contributed by atoms with Crippen LogP contribution in [0.15, 0.2) is 24.3 Å². The van der Waals surface area contributed by atoms with Crippen molar-refractivity contribution in [2.75, 3.05) is 13.7 Å². The molecular weight excluding hydrogens is 270 g/mol. The smallest absolute Gasteiger partial charge is 0.303 e. The van der Waals surface area contributed by atoms with Crippen molar-refractivity contribution in [3.05, 3.63) is 29.8 Å². The van der Waals surface area contributed by atoms with Gasteiger partial charge in [-0.2, -0.15) is 0 Å². The van der Waals surface area contributed by atoms with Crippen LogP contribution in [-0.2, 0) is 4.79 Å². The van der Waals surface area contributed by atoms with Crippen LogP contribution in [0.1, 0.15) is 42.5 Å². The first-order valence-corrected chi connectivity index (χ1v) is 7.29. The first-order valence-electron chi connectivity index (χ1n) is 7.29. The minimum atomic E-state index is -0.815. The number of rotatable bonds is 5. The highest BCUT2D eigenvalue weighted by atomic mass is 16.5. The second kappa shape index (κ2) is 7.11. The number of ether oxygens (including phenoxy) is 1. The van der Waals surface area contributed by atoms with Crippen LogP contribution >= 0.6 is 0 Å². The van der Waals surface area contributed by atoms with Gasteiger partial charge in [-0.15, -0.1) is 0 Å². The molecule has 1 fully saturated rings. The van der Waals surface area contributed by atoms with E-state index in [0.29, 0.717) is 24.3 Å². The molecule has 114 valence electrons. The first-order chi connectivity index (χ1) is 10.1. The van der Waals surface area contributed by atoms with Crippen LogP contribution in [0.3, 0.4) is 0 Å². The summed E-state index contributed by atoms with van der Waals surface area (Å²) in [6, 6.07) is 7.17. The second-order valence-electron chi connectivity index (χ2n) is 5.28. The summed E-state index contributed by atoms with van der Waals surface area (Å²) in [7, 11) is 1.55. The van der Waals surface area contributed by atoms with E-state index in [9.17, 15) is 9.59 Å². The molecule has 0 saturated carbocycles. The van der Waals surface area contributed by atoms with E-state index >= 15 is 0 Å². The fourth-order valence-electron chi connectivity index (χ4n) is 2.83. The summed E-state index contributed by atoms with van der Waals surface area (Å²) in [5.41, 5.74) is 0.544. The number of para-hydroxylation sites is 1. The molecular formula is C16H21NO4. The van der Waals surface area contributed by atoms with E-state index in [1.54, 1.807) is 19.2 Å². The molecule has 1 unspecified atom stereocenters. The van der Waals surface area contributed by atoms with Crippen LogP contribution in [0, 0.1) is 0 Å². The maximum Gasteiger partial charge on any atom is 0.303 e. The molecule has 0 bridgehead atoms. The highest BCUT2D eigenvalue weighted by Gasteiger charge is 2.29. The highest BCUT2D eigenvalue weighted by molar-refractivity contribution is 5.97. The fraction of sp³-hybridized carbons (Fsp3) is 0.500. The Morgan fingerprint density at radius 3 is 2.81 bits per heavy atom. The molecule has 1 N–H and O–H groups in total. The van der Waals surface area contributed by atoms with Crippen molar-refractivity contribution in [1.29, 1.82) is 0 Å². The average molecular weight is 291 g/mol. The third kappa shape index (κ3) is 3.74. The number of benzene rings is 1. The van der Waals surface area contributed by atoms with Gasteiger partial charge < -0.3 is 14.7 Å². The molecule has 5 heteroatoms. The summed E-state index contributed by atoms with van der Waals surface area (Å²) in [5, 5.41) is 8.84. The van der Waals surface area contributed by atoms with Crippen LogP contribution in [0.4, 0.5) is 0 Å². The van der Waals surface area contributed by atoms with Crippen LogP contribution in [-0.4, -0.2) is 41.6 Å². The van der Waals surface area contributed by atoms with Crippen molar-refractivity contribution in [3.8, 4) is 5.75 Å². The van der Waals surface area contributed by atoms with Crippen molar-refractivity contribution >= 4 is 11.9 Å². The molecule has 0 aromatic heterocycles. The summed E-state index contributed by atoms with van der Waals surface area (Å²) in [6.07, 6.45) is 3.48. The monoisotopic (exact) mass is 291 g/mol. The molecule has 1 atom stereocenters. The molecule has 1 saturated heterocycles. The van der Waals surface area contributed by atoms with E-state index in [4.69, 9.17) is 9.84 Å². The predicted octanol–water partition coefficient (Wildman–Crippen LogP) is 2.55. The van der Waals surface area contributed by atoms with Gasteiger partial charge in [0.05, 0.1) is 12.7 Å². The number of aliphatic carboxylic acids is 1. The number of carbonyl (C=O) groups excluding carboxylic acids is 1. The third-order valence-corrected chi connectivity index (χ3v) is 3.92. The highest BCUT2D eigenvalue weighted by Crippen LogP contribution is 2.26. The lowest BCUT2D eigenvalue weighted by Crippen LogP contribution is -2.44. The topological polar surface area (TPSA) is 66.8 Å². The SMILES string of the molecule is COc1ccccc1C(=O)N1CCCCC1CCC(=O)O. The van der Waals surface area contributed by atoms with Gasteiger partial charge in [0.25, 0.3) is 5.91 Å². The Morgan fingerprint density at radius 1 is 1.33 bits per heavy atom. The number of amides is 1. The van der Waals surface area contributed by atoms with E-state index in [1.165, 1.54) is 0 Å². The molecule has 1 aliphatic rings. The fourth-order valence-corrected chi connectivity index (χ4v) is 2.83. The number of nitrogens with zero attached hydrogens (tertiary/aromatic N) is 1. The predicted molar refractivity (Wildman–Crippen MR) is 78.5 cm³/mol. The molecule has 5 nitrogen and oxygen atoms in total. The lowest BCUT2D eigenvalue weighted by molar-refractivity contribution is -0.137. The Kier molecular flexibility index (Phi) is 5.20. The zero-order valence-electron chi connectivity index (χ0n) is 12.2. The standard InChI is InChI=1S/C16H21NO4/c1-21-14-8-3-2-7-13(14)16(20)17-11-5-4-6-12(17)9-10-15(18)19/h2-3,7-8,12H,4-6,9-11H2,1H3,(H,18,19). The minimum Gasteiger partial charge on any atom is -0.496 e. The summed E-state index contributed by atoms with van der Waals surface area (Å²) >= 11 is 0. The van der Waals surface area contributed by atoms with Crippen LogP contribution < -0.4 is 4.74 Å². The van der Waals surface area contributed by atoms with Crippen LogP contribution in [0.25, 0.3) is 0 Å². The van der Waals surface area contributed by atoms with Gasteiger partial charge in [-0.25, -0.2) is 0 Å². The number of hydrogen-bond donors (Lipinski definition) is 1. The lowest BCUT2D eigenvalue weighted by Gasteiger charge is -2.36. The molecule has 1 heterocycles. The summed E-state index contributed by atoms with van der Waals surface area (Å²) < 4.78 is 5.25. The van der Waals surface area contributed by atoms with Crippen LogP contribution in [0.5, 0.6) is 5.75 Å². The molecule has 2 rings (SSSR count). The third-order valence-electron chi connectivity index (χ3n) is 3.92. The maximum absolute atomic E-state index is 12.7. The first kappa shape index (κ1) is 15.4. The number of likely N-dealkylation sites (tertiary alicyclic amines) is 1. The quantitative estimate of drug-likeness (QED) is 0.905. The number of carboxylic acids is 1. The molecule has 1 amide bonds. The zero-order valence-corrected chi connectivity index (χ0v) is 12.2. The minimum absolute atomic E-state index is 0.00672. The number of carboxylic acid groups (broad SMARTS) is 1. The van der Waals surface area contributed by atoms with Crippen molar-refractivity contribution in [1.82, 2.24) is 4.90 Å². The molecule has 0 radical (unpaired) electrons. The number of piperidine rings is 1. The van der Waals surface area contributed by atoms with Crippen molar-refractivity contribution in [2.45, 2.75) is 38.1 Å². The molecule has 0 spiro atoms. The van der Waals surface area contributed by atoms with E-state index in [2.05, 4.69) is 0 Å². The summed E-state index contributed by atoms with van der Waals surface area (Å²) in [6.45, 7) is 0.682. The number of hydrogen-bond acceptors (Lipinski definition) is 3. The van der Waals surface area contributed by atoms with E-state index in [1.807, 2.05) is 17.0 Å². The van der Waals surface area contributed by atoms with Crippen molar-refractivity contribution < 1.29 is 19.4 Å². The van der Waals surface area contributed by atoms with Gasteiger partial charge in [0.15, 0.2) is 0 Å². The van der Waals surface area contributed by atoms with Crippen LogP contribution in [0.2, 0.25) is 0 Å². The Bertz CT molecular complexity index is 515. The largest absolute Gasteiger partial charge is 0.496 e. The molecule has 1 aromatic carbocycles. The normalized spacial score (nSPS) is 18.3. The number of carbonyl (C=O) groups is 2. The Labute approximate surface area is 124 Å². The Hall–Kier alpha value is -2.04. The summed E-state index contributed by atoms with van der Waals surface area (Å²) in [5.74, 6) is -0.321. The molecule has 21 heavy (non-hydrogen) atoms. The van der Waals surface area contributed by atoms with Gasteiger partial charge in [-0.05, 0) is 37.8 Å². The van der Waals surface area contributed by atoms with Gasteiger partial charge in [0.1, 0.15) is 5.75 Å². The van der Waals surface area contributed by atoms with Gasteiger partial charge >= 0.3 is 5.97 Å².